The van der Waals surface area contributed by atoms with Crippen LogP contribution in [-0.4, -0.2) is 42.8 Å². The topological polar surface area (TPSA) is 41.6 Å². The number of nitrogens with zero attached hydrogens (tertiary/aromatic N) is 1. The lowest BCUT2D eigenvalue weighted by atomic mass is 10.0. The van der Waals surface area contributed by atoms with Crippen LogP contribution in [0.1, 0.15) is 13.8 Å². The van der Waals surface area contributed by atoms with Gasteiger partial charge in [0, 0.05) is 25.2 Å². The quantitative estimate of drug-likeness (QED) is 0.673. The lowest BCUT2D eigenvalue weighted by Crippen LogP contribution is -2.58. The fourth-order valence-electron chi connectivity index (χ4n) is 1.52. The van der Waals surface area contributed by atoms with Gasteiger partial charge in [-0.1, -0.05) is 12.7 Å². The second-order valence-corrected chi connectivity index (χ2v) is 4.10. The molecule has 4 nitrogen and oxygen atoms in total. The number of ether oxygens (including phenoxy) is 1. The molecule has 0 bridgehead atoms. The lowest BCUT2D eigenvalue weighted by molar-refractivity contribution is 0.0877. The molecular formula is C10H18N2O2. The molecule has 1 rings (SSSR count). The average molecular weight is 198 g/mol. The van der Waals surface area contributed by atoms with Crippen LogP contribution in [0.5, 0.6) is 0 Å². The van der Waals surface area contributed by atoms with Crippen LogP contribution in [0.25, 0.3) is 0 Å². The van der Waals surface area contributed by atoms with E-state index in [0.29, 0.717) is 13.1 Å². The van der Waals surface area contributed by atoms with E-state index in [9.17, 15) is 4.79 Å². The summed E-state index contributed by atoms with van der Waals surface area (Å²) in [6, 6.07) is 0. The first-order valence-corrected chi connectivity index (χ1v) is 4.83. The summed E-state index contributed by atoms with van der Waals surface area (Å²) in [7, 11) is 0. The Kier molecular flexibility index (Phi) is 3.52. The number of nitrogens with one attached hydrogen (secondary N) is 1. The van der Waals surface area contributed by atoms with Crippen molar-refractivity contribution in [3.63, 3.8) is 0 Å². The van der Waals surface area contributed by atoms with Crippen molar-refractivity contribution in [1.29, 1.82) is 0 Å². The minimum absolute atomic E-state index is 0.0224. The highest BCUT2D eigenvalue weighted by atomic mass is 16.6. The predicted octanol–water partition coefficient (Wildman–Crippen LogP) is 0.993. The first-order valence-electron chi connectivity index (χ1n) is 4.83. The first-order chi connectivity index (χ1) is 6.55. The van der Waals surface area contributed by atoms with Crippen LogP contribution in [0.2, 0.25) is 0 Å². The van der Waals surface area contributed by atoms with Crippen LogP contribution >= 0.6 is 0 Å². The third kappa shape index (κ3) is 3.03. The lowest BCUT2D eigenvalue weighted by Gasteiger charge is -2.38. The molecule has 14 heavy (non-hydrogen) atoms. The van der Waals surface area contributed by atoms with Gasteiger partial charge in [-0.2, -0.15) is 0 Å². The van der Waals surface area contributed by atoms with Crippen molar-refractivity contribution in [3.8, 4) is 0 Å². The van der Waals surface area contributed by atoms with Crippen molar-refractivity contribution in [1.82, 2.24) is 10.2 Å². The predicted molar refractivity (Wildman–Crippen MR) is 55.2 cm³/mol. The third-order valence-electron chi connectivity index (χ3n) is 2.15. The zero-order valence-corrected chi connectivity index (χ0v) is 8.88. The van der Waals surface area contributed by atoms with Crippen molar-refractivity contribution in [3.05, 3.63) is 12.7 Å². The molecule has 1 fully saturated rings. The van der Waals surface area contributed by atoms with Crippen molar-refractivity contribution < 1.29 is 9.53 Å². The molecular weight excluding hydrogens is 180 g/mol. The molecule has 1 aliphatic rings. The van der Waals surface area contributed by atoms with Gasteiger partial charge in [-0.25, -0.2) is 4.79 Å². The molecule has 0 spiro atoms. The highest BCUT2D eigenvalue weighted by molar-refractivity contribution is 5.68. The number of amides is 1. The van der Waals surface area contributed by atoms with E-state index in [1.165, 1.54) is 0 Å². The summed E-state index contributed by atoms with van der Waals surface area (Å²) in [6.07, 6.45) is 1.32. The van der Waals surface area contributed by atoms with Gasteiger partial charge < -0.3 is 15.0 Å². The smallest absolute Gasteiger partial charge is 0.410 e. The van der Waals surface area contributed by atoms with Gasteiger partial charge in [0.1, 0.15) is 6.61 Å². The molecule has 1 N–H and O–H groups in total. The normalized spacial score (nSPS) is 20.3. The first kappa shape index (κ1) is 11.0. The molecule has 0 aliphatic carbocycles. The summed E-state index contributed by atoms with van der Waals surface area (Å²) in [5.74, 6) is 0. The van der Waals surface area contributed by atoms with E-state index in [2.05, 4.69) is 25.7 Å². The van der Waals surface area contributed by atoms with E-state index >= 15 is 0 Å². The van der Waals surface area contributed by atoms with Gasteiger partial charge in [-0.3, -0.25) is 0 Å². The molecule has 1 heterocycles. The minimum atomic E-state index is -0.250. The van der Waals surface area contributed by atoms with Crippen LogP contribution in [-0.2, 0) is 4.74 Å². The van der Waals surface area contributed by atoms with E-state index in [0.717, 1.165) is 6.54 Å². The Morgan fingerprint density at radius 1 is 1.71 bits per heavy atom. The van der Waals surface area contributed by atoms with Gasteiger partial charge in [0.25, 0.3) is 0 Å². The molecule has 0 atom stereocenters. The van der Waals surface area contributed by atoms with E-state index in [4.69, 9.17) is 4.74 Å². The Hall–Kier alpha value is -1.03. The summed E-state index contributed by atoms with van der Waals surface area (Å²) in [5, 5.41) is 3.33. The SMILES string of the molecule is C=CCOC(=O)N1CCNC(C)(C)C1. The van der Waals surface area contributed by atoms with Crippen molar-refractivity contribution in [2.45, 2.75) is 19.4 Å². The van der Waals surface area contributed by atoms with Crippen molar-refractivity contribution in [2.24, 2.45) is 0 Å². The molecule has 0 aromatic heterocycles. The van der Waals surface area contributed by atoms with Gasteiger partial charge in [-0.05, 0) is 13.8 Å². The molecule has 0 aromatic rings. The molecule has 1 aliphatic heterocycles. The van der Waals surface area contributed by atoms with Gasteiger partial charge in [0.05, 0.1) is 0 Å². The number of hydrogen-bond acceptors (Lipinski definition) is 3. The summed E-state index contributed by atoms with van der Waals surface area (Å²) < 4.78 is 4.97. The number of rotatable bonds is 2. The van der Waals surface area contributed by atoms with Gasteiger partial charge in [-0.15, -0.1) is 0 Å². The highest BCUT2D eigenvalue weighted by Gasteiger charge is 2.29. The largest absolute Gasteiger partial charge is 0.445 e. The average Bonchev–Trinajstić information content (AvgIpc) is 2.12. The number of piperazine rings is 1. The van der Waals surface area contributed by atoms with E-state index in [1.807, 2.05) is 0 Å². The fraction of sp³-hybridized carbons (Fsp3) is 0.700. The van der Waals surface area contributed by atoms with E-state index < -0.39 is 0 Å². The molecule has 0 aromatic carbocycles. The maximum atomic E-state index is 11.5. The Morgan fingerprint density at radius 2 is 2.43 bits per heavy atom. The third-order valence-corrected chi connectivity index (χ3v) is 2.15. The zero-order chi connectivity index (χ0) is 10.6. The Morgan fingerprint density at radius 3 is 3.00 bits per heavy atom. The van der Waals surface area contributed by atoms with Crippen LogP contribution in [0.3, 0.4) is 0 Å². The van der Waals surface area contributed by atoms with Crippen molar-refractivity contribution in [2.75, 3.05) is 26.2 Å². The van der Waals surface area contributed by atoms with E-state index in [-0.39, 0.29) is 18.2 Å². The van der Waals surface area contributed by atoms with Crippen LogP contribution in [0.4, 0.5) is 4.79 Å². The molecule has 80 valence electrons. The molecule has 1 saturated heterocycles. The standard InChI is InChI=1S/C10H18N2O2/c1-4-7-14-9(13)12-6-5-11-10(2,3)8-12/h4,11H,1,5-8H2,2-3H3. The number of carbonyl (C=O) groups is 1. The Bertz CT molecular complexity index is 226. The van der Waals surface area contributed by atoms with Gasteiger partial charge in [0.15, 0.2) is 0 Å². The highest BCUT2D eigenvalue weighted by Crippen LogP contribution is 2.10. The molecule has 0 unspecified atom stereocenters. The monoisotopic (exact) mass is 198 g/mol. The number of hydrogen-bond donors (Lipinski definition) is 1. The summed E-state index contributed by atoms with van der Waals surface area (Å²) in [5.41, 5.74) is -0.0224. The van der Waals surface area contributed by atoms with Crippen LogP contribution in [0, 0.1) is 0 Å². The minimum Gasteiger partial charge on any atom is -0.445 e. The molecule has 4 heteroatoms. The Balaban J connectivity index is 2.43. The molecule has 0 saturated carbocycles. The van der Waals surface area contributed by atoms with Crippen LogP contribution < -0.4 is 5.32 Å². The summed E-state index contributed by atoms with van der Waals surface area (Å²) in [6.45, 7) is 10.1. The molecule has 0 radical (unpaired) electrons. The van der Waals surface area contributed by atoms with E-state index in [1.54, 1.807) is 11.0 Å². The molecule has 1 amide bonds. The maximum absolute atomic E-state index is 11.5. The van der Waals surface area contributed by atoms with Crippen molar-refractivity contribution >= 4 is 6.09 Å². The van der Waals surface area contributed by atoms with Gasteiger partial charge >= 0.3 is 6.09 Å². The van der Waals surface area contributed by atoms with Crippen LogP contribution in [0.15, 0.2) is 12.7 Å². The fourth-order valence-corrected chi connectivity index (χ4v) is 1.52. The Labute approximate surface area is 84.9 Å². The number of carbonyl (C=O) groups excluding carboxylic acids is 1. The maximum Gasteiger partial charge on any atom is 0.410 e. The summed E-state index contributed by atoms with van der Waals surface area (Å²) in [4.78, 5) is 13.2. The van der Waals surface area contributed by atoms with Gasteiger partial charge in [0.2, 0.25) is 0 Å². The zero-order valence-electron chi connectivity index (χ0n) is 8.88. The second kappa shape index (κ2) is 4.46. The second-order valence-electron chi connectivity index (χ2n) is 4.10. The summed E-state index contributed by atoms with van der Waals surface area (Å²) >= 11 is 0.